The highest BCUT2D eigenvalue weighted by Gasteiger charge is 2.13. The lowest BCUT2D eigenvalue weighted by Gasteiger charge is -2.11. The van der Waals surface area contributed by atoms with E-state index in [1.807, 2.05) is 0 Å². The fourth-order valence-corrected chi connectivity index (χ4v) is 3.46. The number of anilines is 1. The van der Waals surface area contributed by atoms with E-state index in [9.17, 15) is 13.9 Å². The Morgan fingerprint density at radius 3 is 2.67 bits per heavy atom. The quantitative estimate of drug-likeness (QED) is 0.511. The molecule has 0 amide bonds. The molecular weight excluding hydrogens is 394 g/mol. The summed E-state index contributed by atoms with van der Waals surface area (Å²) in [6, 6.07) is 10.3. The van der Waals surface area contributed by atoms with Gasteiger partial charge in [-0.25, -0.2) is 18.3 Å². The van der Waals surface area contributed by atoms with E-state index in [1.54, 1.807) is 28.9 Å². The zero-order valence-corrected chi connectivity index (χ0v) is 15.3. The molecule has 4 aromatic rings. The van der Waals surface area contributed by atoms with E-state index in [1.165, 1.54) is 35.6 Å². The van der Waals surface area contributed by atoms with Gasteiger partial charge in [-0.3, -0.25) is 0 Å². The molecule has 0 radical (unpaired) electrons. The minimum atomic E-state index is -0.914. The average Bonchev–Trinajstić information content (AvgIpc) is 3.21. The predicted octanol–water partition coefficient (Wildman–Crippen LogP) is 4.53. The van der Waals surface area contributed by atoms with Crippen LogP contribution in [0, 0.1) is 11.6 Å². The van der Waals surface area contributed by atoms with E-state index >= 15 is 0 Å². The molecule has 2 aromatic carbocycles. The van der Waals surface area contributed by atoms with Crippen LogP contribution in [0.4, 0.5) is 13.9 Å². The zero-order chi connectivity index (χ0) is 19.0. The fourth-order valence-electron chi connectivity index (χ4n) is 2.55. The molecule has 2 aromatic heterocycles. The van der Waals surface area contributed by atoms with Crippen molar-refractivity contribution in [3.05, 3.63) is 70.9 Å². The summed E-state index contributed by atoms with van der Waals surface area (Å²) in [5.41, 5.74) is 1.91. The second kappa shape index (κ2) is 7.22. The Morgan fingerprint density at radius 1 is 1.19 bits per heavy atom. The minimum Gasteiger partial charge on any atom is -0.387 e. The van der Waals surface area contributed by atoms with Gasteiger partial charge in [0, 0.05) is 12.1 Å². The first kappa shape index (κ1) is 17.8. The molecule has 5 nitrogen and oxygen atoms in total. The number of aliphatic hydroxyl groups is 1. The van der Waals surface area contributed by atoms with E-state index in [0.717, 1.165) is 5.56 Å². The Labute approximate surface area is 161 Å². The van der Waals surface area contributed by atoms with Crippen LogP contribution in [-0.2, 0) is 0 Å². The Kier molecular flexibility index (Phi) is 4.77. The summed E-state index contributed by atoms with van der Waals surface area (Å²) in [4.78, 5) is 5.13. The Morgan fingerprint density at radius 2 is 1.96 bits per heavy atom. The van der Waals surface area contributed by atoms with Crippen molar-refractivity contribution in [1.82, 2.24) is 14.6 Å². The highest BCUT2D eigenvalue weighted by molar-refractivity contribution is 7.20. The van der Waals surface area contributed by atoms with E-state index < -0.39 is 11.9 Å². The number of rotatable bonds is 5. The lowest BCUT2D eigenvalue weighted by molar-refractivity contribution is 0.191. The van der Waals surface area contributed by atoms with E-state index in [2.05, 4.69) is 15.4 Å². The Hall–Kier alpha value is -2.55. The first-order chi connectivity index (χ1) is 13.0. The molecule has 4 rings (SSSR count). The van der Waals surface area contributed by atoms with Crippen molar-refractivity contribution in [3.63, 3.8) is 0 Å². The van der Waals surface area contributed by atoms with Gasteiger partial charge < -0.3 is 10.4 Å². The number of benzene rings is 2. The standard InChI is InChI=1S/C18H13ClF2N4OS/c19-13-6-3-11(7-14(13)21)16(26)8-22-17-24-25-9-15(23-18(25)27-17)10-1-4-12(20)5-2-10/h1-7,9,16,26H,8H2,(H,22,24). The second-order valence-electron chi connectivity index (χ2n) is 5.84. The van der Waals surface area contributed by atoms with Gasteiger partial charge >= 0.3 is 0 Å². The van der Waals surface area contributed by atoms with E-state index in [4.69, 9.17) is 11.6 Å². The number of nitrogens with one attached hydrogen (secondary N) is 1. The Balaban J connectivity index is 1.46. The summed E-state index contributed by atoms with van der Waals surface area (Å²) >= 11 is 6.95. The van der Waals surface area contributed by atoms with Crippen molar-refractivity contribution in [2.75, 3.05) is 11.9 Å². The topological polar surface area (TPSA) is 62.5 Å². The molecule has 0 aliphatic heterocycles. The van der Waals surface area contributed by atoms with Crippen LogP contribution in [-0.4, -0.2) is 26.2 Å². The molecule has 0 saturated heterocycles. The number of fused-ring (bicyclic) bond motifs is 1. The molecule has 1 unspecified atom stereocenters. The lowest BCUT2D eigenvalue weighted by atomic mass is 10.1. The van der Waals surface area contributed by atoms with Gasteiger partial charge in [0.25, 0.3) is 0 Å². The van der Waals surface area contributed by atoms with Crippen molar-refractivity contribution >= 4 is 33.0 Å². The summed E-state index contributed by atoms with van der Waals surface area (Å²) in [5, 5.41) is 18.1. The second-order valence-corrected chi connectivity index (χ2v) is 7.20. The predicted molar refractivity (Wildman–Crippen MR) is 101 cm³/mol. The normalized spacial score (nSPS) is 12.4. The summed E-state index contributed by atoms with van der Waals surface area (Å²) in [6.07, 6.45) is 0.831. The van der Waals surface area contributed by atoms with Gasteiger partial charge in [-0.05, 0) is 42.0 Å². The number of halogens is 3. The van der Waals surface area contributed by atoms with Crippen LogP contribution < -0.4 is 5.32 Å². The molecule has 0 fully saturated rings. The van der Waals surface area contributed by atoms with Crippen molar-refractivity contribution in [2.45, 2.75) is 6.10 Å². The number of nitrogens with zero attached hydrogens (tertiary/aromatic N) is 3. The molecule has 0 spiro atoms. The van der Waals surface area contributed by atoms with Crippen LogP contribution >= 0.6 is 22.9 Å². The van der Waals surface area contributed by atoms with E-state index in [-0.39, 0.29) is 17.4 Å². The first-order valence-corrected chi connectivity index (χ1v) is 9.18. The third-order valence-corrected chi connectivity index (χ3v) is 5.15. The van der Waals surface area contributed by atoms with Gasteiger partial charge in [0.2, 0.25) is 10.1 Å². The molecule has 2 heterocycles. The summed E-state index contributed by atoms with van der Waals surface area (Å²) in [5.74, 6) is -0.877. The molecule has 0 aliphatic rings. The van der Waals surface area contributed by atoms with E-state index in [0.29, 0.717) is 21.3 Å². The summed E-state index contributed by atoms with van der Waals surface area (Å²) in [6.45, 7) is 0.155. The van der Waals surface area contributed by atoms with Crippen molar-refractivity contribution < 1.29 is 13.9 Å². The van der Waals surface area contributed by atoms with Crippen molar-refractivity contribution in [1.29, 1.82) is 0 Å². The number of aromatic nitrogens is 3. The summed E-state index contributed by atoms with van der Waals surface area (Å²) < 4.78 is 28.1. The van der Waals surface area contributed by atoms with Gasteiger partial charge in [-0.15, -0.1) is 5.10 Å². The number of hydrogen-bond acceptors (Lipinski definition) is 5. The molecule has 0 aliphatic carbocycles. The number of aliphatic hydroxyl groups excluding tert-OH is 1. The van der Waals surface area contributed by atoms with Crippen LogP contribution in [0.5, 0.6) is 0 Å². The molecule has 2 N–H and O–H groups in total. The SMILES string of the molecule is OC(CNc1nn2cc(-c3ccc(F)cc3)nc2s1)c1ccc(Cl)c(F)c1. The molecule has 138 valence electrons. The third-order valence-electron chi connectivity index (χ3n) is 3.96. The molecule has 0 bridgehead atoms. The monoisotopic (exact) mass is 406 g/mol. The van der Waals surface area contributed by atoms with Gasteiger partial charge in [-0.2, -0.15) is 0 Å². The molecule has 1 atom stereocenters. The highest BCUT2D eigenvalue weighted by Crippen LogP contribution is 2.26. The maximum absolute atomic E-state index is 13.5. The lowest BCUT2D eigenvalue weighted by Crippen LogP contribution is -2.12. The van der Waals surface area contributed by atoms with Crippen LogP contribution in [0.15, 0.2) is 48.7 Å². The molecule has 9 heteroatoms. The average molecular weight is 407 g/mol. The zero-order valence-electron chi connectivity index (χ0n) is 13.7. The van der Waals surface area contributed by atoms with Crippen LogP contribution in [0.3, 0.4) is 0 Å². The Bertz CT molecular complexity index is 1070. The fraction of sp³-hybridized carbons (Fsp3) is 0.111. The van der Waals surface area contributed by atoms with Crippen molar-refractivity contribution in [2.24, 2.45) is 0 Å². The van der Waals surface area contributed by atoms with Crippen LogP contribution in [0.2, 0.25) is 5.02 Å². The number of imidazole rings is 1. The molecule has 27 heavy (non-hydrogen) atoms. The molecular formula is C18H13ClF2N4OS. The van der Waals surface area contributed by atoms with Crippen LogP contribution in [0.25, 0.3) is 16.2 Å². The van der Waals surface area contributed by atoms with Gasteiger partial charge in [0.15, 0.2) is 0 Å². The maximum atomic E-state index is 13.5. The number of hydrogen-bond donors (Lipinski definition) is 2. The van der Waals surface area contributed by atoms with Gasteiger partial charge in [-0.1, -0.05) is 29.0 Å². The maximum Gasteiger partial charge on any atom is 0.214 e. The van der Waals surface area contributed by atoms with Gasteiger partial charge in [0.1, 0.15) is 11.6 Å². The van der Waals surface area contributed by atoms with Crippen molar-refractivity contribution in [3.8, 4) is 11.3 Å². The smallest absolute Gasteiger partial charge is 0.214 e. The first-order valence-electron chi connectivity index (χ1n) is 7.98. The summed E-state index contributed by atoms with van der Waals surface area (Å²) in [7, 11) is 0. The van der Waals surface area contributed by atoms with Gasteiger partial charge in [0.05, 0.1) is 23.0 Å². The van der Waals surface area contributed by atoms with Crippen LogP contribution in [0.1, 0.15) is 11.7 Å². The largest absolute Gasteiger partial charge is 0.387 e. The minimum absolute atomic E-state index is 0.0111. The highest BCUT2D eigenvalue weighted by atomic mass is 35.5. The molecule has 0 saturated carbocycles. The third kappa shape index (κ3) is 3.78.